The maximum atomic E-state index is 11.0. The third kappa shape index (κ3) is 4.73. The van der Waals surface area contributed by atoms with Crippen LogP contribution < -0.4 is 5.73 Å². The first-order valence-corrected chi connectivity index (χ1v) is 4.02. The van der Waals surface area contributed by atoms with Gasteiger partial charge in [-0.3, -0.25) is 9.59 Å². The third-order valence-corrected chi connectivity index (χ3v) is 1.51. The molecule has 0 saturated heterocycles. The van der Waals surface area contributed by atoms with Gasteiger partial charge in [0.05, 0.1) is 0 Å². The van der Waals surface area contributed by atoms with E-state index in [0.29, 0.717) is 17.7 Å². The molecule has 74 valence electrons. The van der Waals surface area contributed by atoms with Crippen LogP contribution in [0.3, 0.4) is 0 Å². The Morgan fingerprint density at radius 3 is 2.07 bits per heavy atom. The zero-order chi connectivity index (χ0) is 11.0. The number of unbranched alkanes of at least 4 members (excludes halogenated alkanes) is 1. The Bertz CT molecular complexity index is 285. The topological polar surface area (TPSA) is 111 Å². The minimum Gasteiger partial charge on any atom is -0.370 e. The van der Waals surface area contributed by atoms with Crippen LogP contribution in [0.4, 0.5) is 0 Å². The zero-order valence-electron chi connectivity index (χ0n) is 7.56. The van der Waals surface area contributed by atoms with Gasteiger partial charge in [-0.25, -0.2) is 0 Å². The molecule has 0 aromatic rings. The number of nitriles is 2. The highest BCUT2D eigenvalue weighted by Gasteiger charge is 2.11. The first-order chi connectivity index (χ1) is 6.61. The molecule has 0 bridgehead atoms. The van der Waals surface area contributed by atoms with Gasteiger partial charge in [-0.1, -0.05) is 0 Å². The summed E-state index contributed by atoms with van der Waals surface area (Å²) in [6, 6.07) is 0. The van der Waals surface area contributed by atoms with Crippen molar-refractivity contribution in [3.05, 3.63) is 0 Å². The molecule has 0 aromatic carbocycles. The van der Waals surface area contributed by atoms with E-state index in [2.05, 4.69) is 0 Å². The summed E-state index contributed by atoms with van der Waals surface area (Å²) in [4.78, 5) is 21.7. The van der Waals surface area contributed by atoms with Crippen LogP contribution in [0.1, 0.15) is 25.7 Å². The van der Waals surface area contributed by atoms with Crippen molar-refractivity contribution in [1.29, 1.82) is 10.5 Å². The molecule has 0 aliphatic heterocycles. The molecular weight excluding hydrogens is 184 g/mol. The second kappa shape index (κ2) is 6.44. The molecule has 0 heterocycles. The van der Waals surface area contributed by atoms with Crippen molar-refractivity contribution in [3.8, 4) is 12.4 Å². The van der Waals surface area contributed by atoms with E-state index in [0.717, 1.165) is 0 Å². The summed E-state index contributed by atoms with van der Waals surface area (Å²) >= 11 is 0. The van der Waals surface area contributed by atoms with Crippen molar-refractivity contribution in [2.45, 2.75) is 25.7 Å². The fourth-order valence-corrected chi connectivity index (χ4v) is 0.821. The molecule has 14 heavy (non-hydrogen) atoms. The van der Waals surface area contributed by atoms with E-state index in [4.69, 9.17) is 16.3 Å². The van der Waals surface area contributed by atoms with Crippen molar-refractivity contribution in [3.63, 3.8) is 0 Å². The van der Waals surface area contributed by atoms with Crippen molar-refractivity contribution >= 4 is 11.8 Å². The van der Waals surface area contributed by atoms with Crippen molar-refractivity contribution in [1.82, 2.24) is 4.90 Å². The summed E-state index contributed by atoms with van der Waals surface area (Å²) in [5.74, 6) is -0.977. The van der Waals surface area contributed by atoms with Gasteiger partial charge >= 0.3 is 0 Å². The van der Waals surface area contributed by atoms with Crippen LogP contribution in [-0.4, -0.2) is 16.7 Å². The minimum absolute atomic E-state index is 0.0778. The highest BCUT2D eigenvalue weighted by molar-refractivity contribution is 5.79. The Kier molecular flexibility index (Phi) is 5.48. The molecule has 0 fully saturated rings. The smallest absolute Gasteiger partial charge is 0.249 e. The lowest BCUT2D eigenvalue weighted by Gasteiger charge is -2.02. The van der Waals surface area contributed by atoms with Crippen LogP contribution in [0.2, 0.25) is 0 Å². The largest absolute Gasteiger partial charge is 0.370 e. The quantitative estimate of drug-likeness (QED) is 0.371. The fraction of sp³-hybridized carbons (Fsp3) is 0.500. The monoisotopic (exact) mass is 194 g/mol. The number of carbonyl (C=O) groups excluding carboxylic acids is 2. The summed E-state index contributed by atoms with van der Waals surface area (Å²) in [6.07, 6.45) is 4.09. The van der Waals surface area contributed by atoms with E-state index < -0.39 is 11.8 Å². The molecule has 0 unspecified atom stereocenters. The first kappa shape index (κ1) is 11.9. The Hall–Kier alpha value is -2.08. The molecule has 0 spiro atoms. The van der Waals surface area contributed by atoms with Gasteiger partial charge in [-0.2, -0.15) is 10.5 Å². The number of hydrogen-bond donors (Lipinski definition) is 1. The average Bonchev–Trinajstić information content (AvgIpc) is 2.14. The van der Waals surface area contributed by atoms with E-state index in [1.807, 2.05) is 0 Å². The lowest BCUT2D eigenvalue weighted by atomic mass is 10.2. The predicted octanol–water partition coefficient (Wildman–Crippen LogP) is -0.177. The number of nitrogens with zero attached hydrogens (tertiary/aromatic N) is 3. The SMILES string of the molecule is N#CN(C#N)C(=O)CCCCC(N)=O. The van der Waals surface area contributed by atoms with Gasteiger partial charge in [0, 0.05) is 12.8 Å². The zero-order valence-corrected chi connectivity index (χ0v) is 7.56. The van der Waals surface area contributed by atoms with E-state index >= 15 is 0 Å². The maximum absolute atomic E-state index is 11.0. The molecule has 6 nitrogen and oxygen atoms in total. The number of carbonyl (C=O) groups is 2. The number of nitrogens with two attached hydrogens (primary N) is 1. The molecule has 2 N–H and O–H groups in total. The molecule has 0 radical (unpaired) electrons. The maximum Gasteiger partial charge on any atom is 0.249 e. The van der Waals surface area contributed by atoms with Gasteiger partial charge in [0.25, 0.3) is 0 Å². The summed E-state index contributed by atoms with van der Waals surface area (Å²) in [5.41, 5.74) is 4.88. The Balaban J connectivity index is 3.71. The lowest BCUT2D eigenvalue weighted by Crippen LogP contribution is -2.20. The highest BCUT2D eigenvalue weighted by Crippen LogP contribution is 2.01. The van der Waals surface area contributed by atoms with Gasteiger partial charge < -0.3 is 5.73 Å². The molecule has 0 rings (SSSR count). The van der Waals surface area contributed by atoms with Crippen LogP contribution in [-0.2, 0) is 9.59 Å². The van der Waals surface area contributed by atoms with E-state index in [-0.39, 0.29) is 12.8 Å². The van der Waals surface area contributed by atoms with Crippen molar-refractivity contribution in [2.75, 3.05) is 0 Å². The number of amides is 2. The standard InChI is InChI=1S/C8H10N4O2/c9-5-12(6-10)8(14)4-2-1-3-7(11)13/h1-4H2,(H2,11,13). The van der Waals surface area contributed by atoms with Gasteiger partial charge in [0.1, 0.15) is 0 Å². The van der Waals surface area contributed by atoms with E-state index in [1.54, 1.807) is 0 Å². The first-order valence-electron chi connectivity index (χ1n) is 4.02. The van der Waals surface area contributed by atoms with Gasteiger partial charge in [-0.05, 0) is 12.8 Å². The Morgan fingerprint density at radius 1 is 1.14 bits per heavy atom. The van der Waals surface area contributed by atoms with Crippen LogP contribution in [0.15, 0.2) is 0 Å². The van der Waals surface area contributed by atoms with Gasteiger partial charge in [-0.15, -0.1) is 4.90 Å². The lowest BCUT2D eigenvalue weighted by molar-refractivity contribution is -0.126. The summed E-state index contributed by atoms with van der Waals surface area (Å²) in [5, 5.41) is 16.6. The second-order valence-corrected chi connectivity index (χ2v) is 2.60. The van der Waals surface area contributed by atoms with E-state index in [1.165, 1.54) is 12.4 Å². The number of primary amides is 1. The van der Waals surface area contributed by atoms with Gasteiger partial charge in [0.2, 0.25) is 24.2 Å². The molecule has 6 heteroatoms. The van der Waals surface area contributed by atoms with Crippen molar-refractivity contribution in [2.24, 2.45) is 5.73 Å². The molecular formula is C8H10N4O2. The molecule has 2 amide bonds. The molecule has 0 aromatic heterocycles. The van der Waals surface area contributed by atoms with Crippen LogP contribution in [0.25, 0.3) is 0 Å². The molecule has 0 aliphatic carbocycles. The Morgan fingerprint density at radius 2 is 1.64 bits per heavy atom. The highest BCUT2D eigenvalue weighted by atomic mass is 16.2. The Labute approximate surface area is 81.5 Å². The molecule has 0 aliphatic rings. The molecule has 0 saturated carbocycles. The fourth-order valence-electron chi connectivity index (χ4n) is 0.821. The number of hydrogen-bond acceptors (Lipinski definition) is 4. The van der Waals surface area contributed by atoms with E-state index in [9.17, 15) is 9.59 Å². The average molecular weight is 194 g/mol. The van der Waals surface area contributed by atoms with Gasteiger partial charge in [0.15, 0.2) is 0 Å². The summed E-state index contributed by atoms with van der Waals surface area (Å²) in [7, 11) is 0. The number of rotatable bonds is 5. The van der Waals surface area contributed by atoms with Crippen LogP contribution in [0, 0.1) is 22.9 Å². The summed E-state index contributed by atoms with van der Waals surface area (Å²) < 4.78 is 0. The van der Waals surface area contributed by atoms with Crippen LogP contribution in [0.5, 0.6) is 0 Å². The van der Waals surface area contributed by atoms with Crippen LogP contribution >= 0.6 is 0 Å². The van der Waals surface area contributed by atoms with Crippen molar-refractivity contribution < 1.29 is 9.59 Å². The third-order valence-electron chi connectivity index (χ3n) is 1.51. The second-order valence-electron chi connectivity index (χ2n) is 2.60. The summed E-state index contributed by atoms with van der Waals surface area (Å²) in [6.45, 7) is 0. The normalized spacial score (nSPS) is 8.43. The predicted molar refractivity (Wildman–Crippen MR) is 45.7 cm³/mol. The molecule has 0 atom stereocenters. The minimum atomic E-state index is -0.556.